The van der Waals surface area contributed by atoms with E-state index in [0.29, 0.717) is 16.3 Å². The van der Waals surface area contributed by atoms with Crippen molar-refractivity contribution < 1.29 is 5.11 Å². The number of aliphatic hydroxyl groups is 1. The second-order valence-electron chi connectivity index (χ2n) is 2.10. The molecule has 4 N–H and O–H groups in total. The van der Waals surface area contributed by atoms with Crippen LogP contribution >= 0.6 is 11.6 Å². The van der Waals surface area contributed by atoms with Gasteiger partial charge in [-0.1, -0.05) is 11.6 Å². The molecule has 0 aliphatic rings. The van der Waals surface area contributed by atoms with Crippen molar-refractivity contribution in [2.24, 2.45) is 5.84 Å². The predicted octanol–water partition coefficient (Wildman–Crippen LogP) is 1.12. The van der Waals surface area contributed by atoms with Crippen molar-refractivity contribution in [3.05, 3.63) is 28.8 Å². The summed E-state index contributed by atoms with van der Waals surface area (Å²) in [6, 6.07) is 5.08. The molecular weight excluding hydrogens is 164 g/mol. The molecule has 1 aromatic carbocycles. The zero-order valence-electron chi connectivity index (χ0n) is 5.84. The molecule has 11 heavy (non-hydrogen) atoms. The van der Waals surface area contributed by atoms with Gasteiger partial charge in [-0.3, -0.25) is 5.84 Å². The first-order chi connectivity index (χ1) is 5.27. The summed E-state index contributed by atoms with van der Waals surface area (Å²) in [6.07, 6.45) is 0. The van der Waals surface area contributed by atoms with Crippen LogP contribution in [0.3, 0.4) is 0 Å². The van der Waals surface area contributed by atoms with E-state index >= 15 is 0 Å². The molecule has 0 saturated heterocycles. The number of rotatable bonds is 2. The molecule has 3 nitrogen and oxygen atoms in total. The summed E-state index contributed by atoms with van der Waals surface area (Å²) >= 11 is 5.67. The van der Waals surface area contributed by atoms with Crippen LogP contribution in [0.1, 0.15) is 5.56 Å². The van der Waals surface area contributed by atoms with E-state index in [2.05, 4.69) is 5.43 Å². The summed E-state index contributed by atoms with van der Waals surface area (Å²) in [5.74, 6) is 5.17. The van der Waals surface area contributed by atoms with Crippen LogP contribution in [0.4, 0.5) is 5.69 Å². The maximum Gasteiger partial charge on any atom is 0.0703 e. The number of hydrogen-bond acceptors (Lipinski definition) is 3. The van der Waals surface area contributed by atoms with Crippen molar-refractivity contribution in [1.82, 2.24) is 0 Å². The SMILES string of the molecule is NNc1ccc(Cl)cc1CO. The van der Waals surface area contributed by atoms with E-state index in [9.17, 15) is 0 Å². The fourth-order valence-electron chi connectivity index (χ4n) is 0.834. The van der Waals surface area contributed by atoms with Gasteiger partial charge >= 0.3 is 0 Å². The summed E-state index contributed by atoms with van der Waals surface area (Å²) in [4.78, 5) is 0. The first-order valence-corrected chi connectivity index (χ1v) is 3.51. The van der Waals surface area contributed by atoms with Gasteiger partial charge in [0.25, 0.3) is 0 Å². The minimum atomic E-state index is -0.0694. The molecule has 0 spiro atoms. The predicted molar refractivity (Wildman–Crippen MR) is 45.2 cm³/mol. The molecule has 0 bridgehead atoms. The van der Waals surface area contributed by atoms with Crippen molar-refractivity contribution in [3.63, 3.8) is 0 Å². The van der Waals surface area contributed by atoms with Crippen LogP contribution in [0.5, 0.6) is 0 Å². The molecule has 0 fully saturated rings. The fourth-order valence-corrected chi connectivity index (χ4v) is 1.03. The summed E-state index contributed by atoms with van der Waals surface area (Å²) in [6.45, 7) is -0.0694. The maximum absolute atomic E-state index is 8.82. The van der Waals surface area contributed by atoms with Crippen LogP contribution in [0.25, 0.3) is 0 Å². The quantitative estimate of drug-likeness (QED) is 0.463. The molecule has 1 rings (SSSR count). The molecule has 60 valence electrons. The lowest BCUT2D eigenvalue weighted by molar-refractivity contribution is 0.282. The largest absolute Gasteiger partial charge is 0.392 e. The van der Waals surface area contributed by atoms with Crippen LogP contribution in [0.2, 0.25) is 5.02 Å². The van der Waals surface area contributed by atoms with E-state index in [4.69, 9.17) is 22.6 Å². The van der Waals surface area contributed by atoms with Crippen molar-refractivity contribution in [2.45, 2.75) is 6.61 Å². The molecule has 0 aliphatic carbocycles. The van der Waals surface area contributed by atoms with Crippen LogP contribution < -0.4 is 11.3 Å². The highest BCUT2D eigenvalue weighted by Crippen LogP contribution is 2.19. The maximum atomic E-state index is 8.82. The van der Waals surface area contributed by atoms with Gasteiger partial charge in [-0.15, -0.1) is 0 Å². The van der Waals surface area contributed by atoms with Crippen molar-refractivity contribution in [3.8, 4) is 0 Å². The second-order valence-corrected chi connectivity index (χ2v) is 2.54. The summed E-state index contributed by atoms with van der Waals surface area (Å²) < 4.78 is 0. The Balaban J connectivity index is 3.06. The van der Waals surface area contributed by atoms with E-state index in [1.165, 1.54) is 0 Å². The Hall–Kier alpha value is -0.770. The normalized spacial score (nSPS) is 9.73. The molecule has 0 aliphatic heterocycles. The molecule has 0 heterocycles. The lowest BCUT2D eigenvalue weighted by atomic mass is 10.2. The van der Waals surface area contributed by atoms with E-state index < -0.39 is 0 Å². The molecule has 0 saturated carbocycles. The number of nitrogens with one attached hydrogen (secondary N) is 1. The molecule has 0 amide bonds. The Morgan fingerprint density at radius 1 is 1.55 bits per heavy atom. The molecule has 4 heteroatoms. The molecule has 0 atom stereocenters. The lowest BCUT2D eigenvalue weighted by Crippen LogP contribution is -2.08. The van der Waals surface area contributed by atoms with Gasteiger partial charge in [0, 0.05) is 10.6 Å². The van der Waals surface area contributed by atoms with Gasteiger partial charge in [-0.05, 0) is 18.2 Å². The van der Waals surface area contributed by atoms with Gasteiger partial charge in [0.2, 0.25) is 0 Å². The first kappa shape index (κ1) is 8.33. The Morgan fingerprint density at radius 2 is 2.27 bits per heavy atom. The Bertz CT molecular complexity index is 252. The van der Waals surface area contributed by atoms with Gasteiger partial charge in [-0.2, -0.15) is 0 Å². The molecule has 1 aromatic rings. The number of halogens is 1. The third-order valence-electron chi connectivity index (χ3n) is 1.39. The summed E-state index contributed by atoms with van der Waals surface area (Å²) in [5, 5.41) is 9.41. The van der Waals surface area contributed by atoms with Gasteiger partial charge in [-0.25, -0.2) is 0 Å². The van der Waals surface area contributed by atoms with E-state index in [1.807, 2.05) is 0 Å². The van der Waals surface area contributed by atoms with Crippen molar-refractivity contribution in [1.29, 1.82) is 0 Å². The van der Waals surface area contributed by atoms with E-state index in [0.717, 1.165) is 0 Å². The Labute approximate surface area is 69.8 Å². The zero-order valence-corrected chi connectivity index (χ0v) is 6.60. The number of hydrazine groups is 1. The number of anilines is 1. The summed E-state index contributed by atoms with van der Waals surface area (Å²) in [5.41, 5.74) is 3.84. The minimum Gasteiger partial charge on any atom is -0.392 e. The van der Waals surface area contributed by atoms with Gasteiger partial charge in [0.05, 0.1) is 12.3 Å². The smallest absolute Gasteiger partial charge is 0.0703 e. The van der Waals surface area contributed by atoms with E-state index in [1.54, 1.807) is 18.2 Å². The average molecular weight is 173 g/mol. The Morgan fingerprint density at radius 3 is 2.82 bits per heavy atom. The van der Waals surface area contributed by atoms with Gasteiger partial charge < -0.3 is 10.5 Å². The van der Waals surface area contributed by atoms with Crippen LogP contribution in [0.15, 0.2) is 18.2 Å². The first-order valence-electron chi connectivity index (χ1n) is 3.14. The number of nitrogens with two attached hydrogens (primary N) is 1. The number of benzene rings is 1. The average Bonchev–Trinajstić information content (AvgIpc) is 2.04. The van der Waals surface area contributed by atoms with E-state index in [-0.39, 0.29) is 6.61 Å². The minimum absolute atomic E-state index is 0.0694. The Kier molecular flexibility index (Phi) is 2.70. The highest BCUT2D eigenvalue weighted by molar-refractivity contribution is 6.30. The van der Waals surface area contributed by atoms with Gasteiger partial charge in [0.15, 0.2) is 0 Å². The molecule has 0 radical (unpaired) electrons. The standard InChI is InChI=1S/C7H9ClN2O/c8-6-1-2-7(10-9)5(3-6)4-11/h1-3,10-11H,4,9H2. The third kappa shape index (κ3) is 1.83. The molecule has 0 aromatic heterocycles. The monoisotopic (exact) mass is 172 g/mol. The molecular formula is C7H9ClN2O. The van der Waals surface area contributed by atoms with Crippen molar-refractivity contribution in [2.75, 3.05) is 5.43 Å². The zero-order chi connectivity index (χ0) is 8.27. The van der Waals surface area contributed by atoms with Gasteiger partial charge in [0.1, 0.15) is 0 Å². The van der Waals surface area contributed by atoms with Crippen LogP contribution in [0, 0.1) is 0 Å². The third-order valence-corrected chi connectivity index (χ3v) is 1.63. The van der Waals surface area contributed by atoms with Crippen LogP contribution in [-0.2, 0) is 6.61 Å². The highest BCUT2D eigenvalue weighted by Gasteiger charge is 1.99. The summed E-state index contributed by atoms with van der Waals surface area (Å²) in [7, 11) is 0. The lowest BCUT2D eigenvalue weighted by Gasteiger charge is -2.05. The molecule has 0 unspecified atom stereocenters. The van der Waals surface area contributed by atoms with Crippen molar-refractivity contribution >= 4 is 17.3 Å². The number of nitrogen functional groups attached to an aromatic ring is 1. The fraction of sp³-hybridized carbons (Fsp3) is 0.143. The highest BCUT2D eigenvalue weighted by atomic mass is 35.5. The second kappa shape index (κ2) is 3.57. The number of aliphatic hydroxyl groups excluding tert-OH is 1. The number of hydrogen-bond donors (Lipinski definition) is 3. The van der Waals surface area contributed by atoms with Crippen LogP contribution in [-0.4, -0.2) is 5.11 Å². The topological polar surface area (TPSA) is 58.3 Å².